The van der Waals surface area contributed by atoms with Gasteiger partial charge >= 0.3 is 0 Å². The van der Waals surface area contributed by atoms with E-state index in [0.717, 1.165) is 25.2 Å². The number of amides is 1. The summed E-state index contributed by atoms with van der Waals surface area (Å²) in [5, 5.41) is 2.98. The van der Waals surface area contributed by atoms with E-state index in [1.165, 1.54) is 18.4 Å². The number of fused-ring (bicyclic) bond motifs is 1. The molecule has 0 saturated carbocycles. The topological polar surface area (TPSA) is 82.1 Å². The highest BCUT2D eigenvalue weighted by atomic mass is 32.2. The molecule has 0 aliphatic carbocycles. The van der Waals surface area contributed by atoms with Gasteiger partial charge in [-0.3, -0.25) is 9.69 Å². The minimum absolute atomic E-state index is 0.0420. The molecule has 28 heavy (non-hydrogen) atoms. The monoisotopic (exact) mass is 400 g/mol. The van der Waals surface area contributed by atoms with Crippen molar-refractivity contribution in [3.05, 3.63) is 59.3 Å². The second kappa shape index (κ2) is 7.89. The highest BCUT2D eigenvalue weighted by molar-refractivity contribution is 7.90. The first-order valence-corrected chi connectivity index (χ1v) is 11.2. The highest BCUT2D eigenvalue weighted by Gasteiger charge is 2.25. The van der Waals surface area contributed by atoms with E-state index in [1.54, 1.807) is 23.3 Å². The van der Waals surface area contributed by atoms with E-state index < -0.39 is 10.0 Å². The van der Waals surface area contributed by atoms with Crippen molar-refractivity contribution in [3.8, 4) is 0 Å². The molecule has 7 nitrogen and oxygen atoms in total. The minimum Gasteiger partial charge on any atom is -0.348 e. The molecule has 1 amide bonds. The molecule has 1 N–H and O–H groups in total. The van der Waals surface area contributed by atoms with Gasteiger partial charge in [-0.25, -0.2) is 8.42 Å². The fourth-order valence-electron chi connectivity index (χ4n) is 3.68. The van der Waals surface area contributed by atoms with E-state index in [-0.39, 0.29) is 11.7 Å². The van der Waals surface area contributed by atoms with Gasteiger partial charge in [-0.05, 0) is 49.2 Å². The Balaban J connectivity index is 1.40. The van der Waals surface area contributed by atoms with Crippen LogP contribution in [0.2, 0.25) is 0 Å². The molecule has 1 aromatic carbocycles. The molecule has 8 heteroatoms. The molecule has 3 aliphatic heterocycles. The first kappa shape index (κ1) is 18.9. The van der Waals surface area contributed by atoms with Crippen LogP contribution in [0.3, 0.4) is 0 Å². The quantitative estimate of drug-likeness (QED) is 0.808. The Bertz CT molecular complexity index is 959. The Labute approximate surface area is 165 Å². The molecule has 3 aliphatic rings. The molecule has 1 aromatic rings. The minimum atomic E-state index is -3.39. The predicted octanol–water partition coefficient (Wildman–Crippen LogP) is 1.40. The van der Waals surface area contributed by atoms with E-state index in [0.29, 0.717) is 24.5 Å². The van der Waals surface area contributed by atoms with Crippen molar-refractivity contribution in [2.75, 3.05) is 25.4 Å². The van der Waals surface area contributed by atoms with Gasteiger partial charge in [-0.2, -0.15) is 0 Å². The number of hydrogen-bond donors (Lipinski definition) is 1. The van der Waals surface area contributed by atoms with Crippen molar-refractivity contribution in [3.63, 3.8) is 0 Å². The molecule has 0 bridgehead atoms. The maximum absolute atomic E-state index is 12.6. The number of carbonyl (C=O) groups is 1. The third kappa shape index (κ3) is 4.34. The number of hydrogen-bond acceptors (Lipinski definition) is 5. The van der Waals surface area contributed by atoms with Gasteiger partial charge in [-0.15, -0.1) is 4.40 Å². The first-order chi connectivity index (χ1) is 13.5. The van der Waals surface area contributed by atoms with E-state index in [1.807, 2.05) is 12.1 Å². The van der Waals surface area contributed by atoms with Gasteiger partial charge in [0.05, 0.1) is 11.3 Å². The number of amidine groups is 1. The van der Waals surface area contributed by atoms with Crippen LogP contribution in [0.4, 0.5) is 0 Å². The van der Waals surface area contributed by atoms with Crippen molar-refractivity contribution in [2.24, 2.45) is 4.40 Å². The summed E-state index contributed by atoms with van der Waals surface area (Å²) in [6.07, 6.45) is 7.36. The van der Waals surface area contributed by atoms with Crippen LogP contribution >= 0.6 is 0 Å². The fraction of sp³-hybridized carbons (Fsp3) is 0.400. The maximum Gasteiger partial charge on any atom is 0.256 e. The van der Waals surface area contributed by atoms with Crippen LogP contribution in [0.5, 0.6) is 0 Å². The zero-order valence-corrected chi connectivity index (χ0v) is 16.5. The van der Waals surface area contributed by atoms with Crippen LogP contribution in [0.25, 0.3) is 0 Å². The summed E-state index contributed by atoms with van der Waals surface area (Å²) in [5.41, 5.74) is 2.86. The Morgan fingerprint density at radius 2 is 1.82 bits per heavy atom. The third-order valence-corrected chi connectivity index (χ3v) is 6.40. The smallest absolute Gasteiger partial charge is 0.256 e. The van der Waals surface area contributed by atoms with Gasteiger partial charge in [-0.1, -0.05) is 24.3 Å². The lowest BCUT2D eigenvalue weighted by Gasteiger charge is -2.27. The van der Waals surface area contributed by atoms with Crippen LogP contribution in [0.15, 0.2) is 52.6 Å². The summed E-state index contributed by atoms with van der Waals surface area (Å²) in [7, 11) is -3.39. The molecule has 1 saturated heterocycles. The second-order valence-electron chi connectivity index (χ2n) is 7.28. The van der Waals surface area contributed by atoms with Gasteiger partial charge in [0.15, 0.2) is 0 Å². The zero-order valence-electron chi connectivity index (χ0n) is 15.7. The van der Waals surface area contributed by atoms with Crippen molar-refractivity contribution < 1.29 is 13.2 Å². The van der Waals surface area contributed by atoms with Crippen molar-refractivity contribution in [2.45, 2.75) is 25.9 Å². The van der Waals surface area contributed by atoms with E-state index in [2.05, 4.69) is 26.7 Å². The Morgan fingerprint density at radius 1 is 1.07 bits per heavy atom. The summed E-state index contributed by atoms with van der Waals surface area (Å²) in [6, 6.07) is 8.20. The molecule has 0 unspecified atom stereocenters. The lowest BCUT2D eigenvalue weighted by atomic mass is 10.1. The van der Waals surface area contributed by atoms with Crippen molar-refractivity contribution in [1.82, 2.24) is 15.1 Å². The number of benzene rings is 1. The van der Waals surface area contributed by atoms with E-state index in [9.17, 15) is 13.2 Å². The van der Waals surface area contributed by atoms with Crippen LogP contribution in [-0.4, -0.2) is 55.3 Å². The third-order valence-electron chi connectivity index (χ3n) is 5.24. The Morgan fingerprint density at radius 3 is 2.61 bits per heavy atom. The largest absolute Gasteiger partial charge is 0.348 e. The average Bonchev–Trinajstić information content (AvgIpc) is 3.19. The maximum atomic E-state index is 12.6. The molecule has 0 atom stereocenters. The molecule has 0 spiro atoms. The molecular formula is C20H24N4O3S. The predicted molar refractivity (Wildman–Crippen MR) is 108 cm³/mol. The standard InChI is InChI=1S/C20H24N4O3S/c25-20(18-7-8-19-22-28(26,27)12-11-24(19)15-18)21-13-16-5-1-2-6-17(16)14-23-9-3-4-10-23/h1-2,5-8,15H,3-4,9-14H2,(H,21,25). The van der Waals surface area contributed by atoms with Crippen molar-refractivity contribution in [1.29, 1.82) is 0 Å². The molecule has 1 fully saturated rings. The summed E-state index contributed by atoms with van der Waals surface area (Å²) in [6.45, 7) is 3.95. The zero-order chi connectivity index (χ0) is 19.6. The summed E-state index contributed by atoms with van der Waals surface area (Å²) < 4.78 is 26.9. The van der Waals surface area contributed by atoms with Gasteiger partial charge in [0.1, 0.15) is 5.84 Å². The number of sulfonamides is 1. The number of carbonyl (C=O) groups excluding carboxylic acids is 1. The number of likely N-dealkylation sites (tertiary alicyclic amines) is 1. The van der Waals surface area contributed by atoms with Gasteiger partial charge in [0.25, 0.3) is 15.9 Å². The fourth-order valence-corrected chi connectivity index (χ4v) is 4.65. The molecule has 0 aromatic heterocycles. The van der Waals surface area contributed by atoms with E-state index >= 15 is 0 Å². The van der Waals surface area contributed by atoms with Gasteiger partial charge in [0.2, 0.25) is 0 Å². The Kier molecular flexibility index (Phi) is 5.32. The van der Waals surface area contributed by atoms with Crippen molar-refractivity contribution >= 4 is 21.8 Å². The molecule has 3 heterocycles. The lowest BCUT2D eigenvalue weighted by Crippen LogP contribution is -2.38. The number of nitrogens with zero attached hydrogens (tertiary/aromatic N) is 3. The molecular weight excluding hydrogens is 376 g/mol. The normalized spacial score (nSPS) is 21.1. The lowest BCUT2D eigenvalue weighted by molar-refractivity contribution is -0.117. The first-order valence-electron chi connectivity index (χ1n) is 9.57. The van der Waals surface area contributed by atoms with Gasteiger partial charge in [0, 0.05) is 25.8 Å². The van der Waals surface area contributed by atoms with Crippen LogP contribution < -0.4 is 5.32 Å². The van der Waals surface area contributed by atoms with E-state index in [4.69, 9.17) is 0 Å². The van der Waals surface area contributed by atoms with Crippen LogP contribution in [-0.2, 0) is 27.9 Å². The average molecular weight is 401 g/mol. The van der Waals surface area contributed by atoms with Crippen LogP contribution in [0, 0.1) is 0 Å². The summed E-state index contributed by atoms with van der Waals surface area (Å²) >= 11 is 0. The molecule has 148 valence electrons. The SMILES string of the molecule is O=C(NCc1ccccc1CN1CCCC1)C1=CN2CCS(=O)(=O)N=C2C=C1. The number of rotatable bonds is 5. The molecule has 4 rings (SSSR count). The second-order valence-corrected chi connectivity index (χ2v) is 9.04. The summed E-state index contributed by atoms with van der Waals surface area (Å²) in [4.78, 5) is 16.8. The molecule has 0 radical (unpaired) electrons. The number of nitrogens with one attached hydrogen (secondary N) is 1. The van der Waals surface area contributed by atoms with Gasteiger partial charge < -0.3 is 10.2 Å². The summed E-state index contributed by atoms with van der Waals surface area (Å²) in [5.74, 6) is 0.137. The highest BCUT2D eigenvalue weighted by Crippen LogP contribution is 2.18. The van der Waals surface area contributed by atoms with Crippen LogP contribution in [0.1, 0.15) is 24.0 Å². The Hall–Kier alpha value is -2.45.